The van der Waals surface area contributed by atoms with Crippen molar-refractivity contribution >= 4 is 5.95 Å². The molecule has 1 aromatic rings. The summed E-state index contributed by atoms with van der Waals surface area (Å²) in [7, 11) is 1.72. The van der Waals surface area contributed by atoms with Crippen LogP contribution in [0.15, 0.2) is 6.07 Å². The van der Waals surface area contributed by atoms with Crippen LogP contribution >= 0.6 is 0 Å². The lowest BCUT2D eigenvalue weighted by molar-refractivity contribution is 0.199. The normalized spacial score (nSPS) is 18.2. The third-order valence-corrected chi connectivity index (χ3v) is 3.61. The van der Waals surface area contributed by atoms with Gasteiger partial charge in [0.2, 0.25) is 11.8 Å². The highest BCUT2D eigenvalue weighted by atomic mass is 16.5. The lowest BCUT2D eigenvalue weighted by atomic mass is 10.2. The Morgan fingerprint density at radius 3 is 3.05 bits per heavy atom. The molecule has 1 N–H and O–H groups in total. The lowest BCUT2D eigenvalue weighted by Crippen LogP contribution is -2.39. The molecule has 0 spiro atoms. The average molecular weight is 294 g/mol. The van der Waals surface area contributed by atoms with E-state index in [1.165, 1.54) is 12.8 Å². The van der Waals surface area contributed by atoms with Crippen LogP contribution in [0.3, 0.4) is 0 Å². The van der Waals surface area contributed by atoms with E-state index in [2.05, 4.69) is 20.2 Å². The number of anilines is 1. The number of methoxy groups -OCH3 is 1. The molecule has 1 atom stereocenters. The summed E-state index contributed by atoms with van der Waals surface area (Å²) in [5, 5.41) is 3.43. The van der Waals surface area contributed by atoms with Gasteiger partial charge in [-0.1, -0.05) is 0 Å². The molecular formula is C15H26N4O2. The average Bonchev–Trinajstić information content (AvgIpc) is 2.92. The van der Waals surface area contributed by atoms with Gasteiger partial charge in [-0.2, -0.15) is 4.98 Å². The zero-order valence-electron chi connectivity index (χ0n) is 13.3. The van der Waals surface area contributed by atoms with Gasteiger partial charge >= 0.3 is 0 Å². The molecule has 0 aliphatic carbocycles. The van der Waals surface area contributed by atoms with Gasteiger partial charge in [-0.05, 0) is 26.7 Å². The Morgan fingerprint density at radius 2 is 2.29 bits per heavy atom. The van der Waals surface area contributed by atoms with Crippen molar-refractivity contribution in [3.8, 4) is 5.88 Å². The molecule has 0 aromatic carbocycles. The van der Waals surface area contributed by atoms with E-state index in [-0.39, 0.29) is 0 Å². The van der Waals surface area contributed by atoms with Crippen LogP contribution in [0.1, 0.15) is 25.5 Å². The molecular weight excluding hydrogens is 268 g/mol. The van der Waals surface area contributed by atoms with Gasteiger partial charge in [0.25, 0.3) is 0 Å². The van der Waals surface area contributed by atoms with Crippen LogP contribution in [0.2, 0.25) is 0 Å². The topological polar surface area (TPSA) is 59.5 Å². The molecule has 21 heavy (non-hydrogen) atoms. The van der Waals surface area contributed by atoms with Crippen LogP contribution in [0.4, 0.5) is 5.95 Å². The Balaban J connectivity index is 2.01. The van der Waals surface area contributed by atoms with Crippen molar-refractivity contribution in [2.45, 2.75) is 32.7 Å². The van der Waals surface area contributed by atoms with E-state index in [9.17, 15) is 0 Å². The van der Waals surface area contributed by atoms with E-state index < -0.39 is 0 Å². The SMILES string of the molecule is CCOc1cc(C)nc(N2CCCC2CNCCOC)n1. The zero-order valence-corrected chi connectivity index (χ0v) is 13.3. The Hall–Kier alpha value is -1.40. The van der Waals surface area contributed by atoms with Crippen molar-refractivity contribution in [3.05, 3.63) is 11.8 Å². The van der Waals surface area contributed by atoms with Gasteiger partial charge in [-0.15, -0.1) is 0 Å². The quantitative estimate of drug-likeness (QED) is 0.731. The summed E-state index contributed by atoms with van der Waals surface area (Å²) in [6.45, 7) is 8.13. The monoisotopic (exact) mass is 294 g/mol. The highest BCUT2D eigenvalue weighted by Gasteiger charge is 2.26. The van der Waals surface area contributed by atoms with Crippen molar-refractivity contribution < 1.29 is 9.47 Å². The molecule has 1 saturated heterocycles. The molecule has 0 bridgehead atoms. The van der Waals surface area contributed by atoms with Crippen molar-refractivity contribution in [2.75, 3.05) is 44.9 Å². The minimum atomic E-state index is 0.443. The van der Waals surface area contributed by atoms with Crippen molar-refractivity contribution in [2.24, 2.45) is 0 Å². The first-order valence-electron chi connectivity index (χ1n) is 7.69. The number of ether oxygens (including phenoxy) is 2. The van der Waals surface area contributed by atoms with E-state index in [1.54, 1.807) is 7.11 Å². The second-order valence-corrected chi connectivity index (χ2v) is 5.27. The molecule has 1 aromatic heterocycles. The molecule has 6 heteroatoms. The molecule has 1 unspecified atom stereocenters. The van der Waals surface area contributed by atoms with E-state index in [0.717, 1.165) is 37.9 Å². The van der Waals surface area contributed by atoms with Crippen LogP contribution in [-0.2, 0) is 4.74 Å². The summed E-state index contributed by atoms with van der Waals surface area (Å²) in [5.41, 5.74) is 0.946. The minimum Gasteiger partial charge on any atom is -0.478 e. The Labute approximate surface area is 126 Å². The lowest BCUT2D eigenvalue weighted by Gasteiger charge is -2.25. The third kappa shape index (κ3) is 4.54. The number of aromatic nitrogens is 2. The summed E-state index contributed by atoms with van der Waals surface area (Å²) in [6.07, 6.45) is 2.35. The number of hydrogen-bond donors (Lipinski definition) is 1. The smallest absolute Gasteiger partial charge is 0.229 e. The maximum atomic E-state index is 5.53. The molecule has 118 valence electrons. The molecule has 1 fully saturated rings. The first-order chi connectivity index (χ1) is 10.2. The molecule has 2 heterocycles. The Kier molecular flexibility index (Phi) is 6.20. The van der Waals surface area contributed by atoms with Crippen LogP contribution in [0, 0.1) is 6.92 Å². The van der Waals surface area contributed by atoms with Crippen LogP contribution in [0.25, 0.3) is 0 Å². The Bertz CT molecular complexity index is 442. The highest BCUT2D eigenvalue weighted by Crippen LogP contribution is 2.24. The Morgan fingerprint density at radius 1 is 1.43 bits per heavy atom. The minimum absolute atomic E-state index is 0.443. The van der Waals surface area contributed by atoms with Gasteiger partial charge in [-0.3, -0.25) is 0 Å². The number of nitrogens with one attached hydrogen (secondary N) is 1. The van der Waals surface area contributed by atoms with Crippen LogP contribution < -0.4 is 15.0 Å². The van der Waals surface area contributed by atoms with E-state index in [4.69, 9.17) is 9.47 Å². The first kappa shape index (κ1) is 16.0. The maximum Gasteiger partial charge on any atom is 0.229 e. The van der Waals surface area contributed by atoms with Crippen LogP contribution in [0.5, 0.6) is 5.88 Å². The fourth-order valence-corrected chi connectivity index (χ4v) is 2.63. The van der Waals surface area contributed by atoms with Gasteiger partial charge in [0.05, 0.1) is 13.2 Å². The molecule has 0 amide bonds. The molecule has 6 nitrogen and oxygen atoms in total. The molecule has 1 aliphatic rings. The fourth-order valence-electron chi connectivity index (χ4n) is 2.63. The second kappa shape index (κ2) is 8.14. The summed E-state index contributed by atoms with van der Waals surface area (Å²) in [5.74, 6) is 1.45. The van der Waals surface area contributed by atoms with Gasteiger partial charge in [-0.25, -0.2) is 4.98 Å². The van der Waals surface area contributed by atoms with Gasteiger partial charge in [0.15, 0.2) is 0 Å². The van der Waals surface area contributed by atoms with Crippen molar-refractivity contribution in [3.63, 3.8) is 0 Å². The molecule has 0 saturated carbocycles. The summed E-state index contributed by atoms with van der Waals surface area (Å²) < 4.78 is 10.6. The largest absolute Gasteiger partial charge is 0.478 e. The highest BCUT2D eigenvalue weighted by molar-refractivity contribution is 5.37. The molecule has 0 radical (unpaired) electrons. The molecule has 2 rings (SSSR count). The third-order valence-electron chi connectivity index (χ3n) is 3.61. The predicted molar refractivity (Wildman–Crippen MR) is 83.1 cm³/mol. The van der Waals surface area contributed by atoms with Gasteiger partial charge in [0.1, 0.15) is 0 Å². The van der Waals surface area contributed by atoms with Gasteiger partial charge < -0.3 is 19.7 Å². The van der Waals surface area contributed by atoms with Crippen molar-refractivity contribution in [1.82, 2.24) is 15.3 Å². The zero-order chi connectivity index (χ0) is 15.1. The number of nitrogens with zero attached hydrogens (tertiary/aromatic N) is 3. The second-order valence-electron chi connectivity index (χ2n) is 5.27. The van der Waals surface area contributed by atoms with Crippen molar-refractivity contribution in [1.29, 1.82) is 0 Å². The first-order valence-corrected chi connectivity index (χ1v) is 7.69. The van der Waals surface area contributed by atoms with E-state index >= 15 is 0 Å². The number of aryl methyl sites for hydroxylation is 1. The van der Waals surface area contributed by atoms with Crippen LogP contribution in [-0.4, -0.2) is 56.0 Å². The number of hydrogen-bond acceptors (Lipinski definition) is 6. The summed E-state index contributed by atoms with van der Waals surface area (Å²) >= 11 is 0. The fraction of sp³-hybridized carbons (Fsp3) is 0.733. The standard InChI is InChI=1S/C15H26N4O2/c1-4-21-14-10-12(2)17-15(18-14)19-8-5-6-13(19)11-16-7-9-20-3/h10,13,16H,4-9,11H2,1-3H3. The van der Waals surface area contributed by atoms with E-state index in [0.29, 0.717) is 18.5 Å². The summed E-state index contributed by atoms with van der Waals surface area (Å²) in [6, 6.07) is 2.33. The number of rotatable bonds is 8. The maximum absolute atomic E-state index is 5.53. The molecule has 1 aliphatic heterocycles. The predicted octanol–water partition coefficient (Wildman–Crippen LogP) is 1.39. The van der Waals surface area contributed by atoms with Gasteiger partial charge in [0, 0.05) is 44.5 Å². The summed E-state index contributed by atoms with van der Waals surface area (Å²) in [4.78, 5) is 11.4. The van der Waals surface area contributed by atoms with E-state index in [1.807, 2.05) is 19.9 Å².